The number of rotatable bonds is 4. The molecular weight excluding hydrogens is 250 g/mol. The Morgan fingerprint density at radius 1 is 1.25 bits per heavy atom. The van der Waals surface area contributed by atoms with Gasteiger partial charge in [0, 0.05) is 12.1 Å². The molecule has 4 nitrogen and oxygen atoms in total. The van der Waals surface area contributed by atoms with E-state index in [2.05, 4.69) is 24.2 Å². The van der Waals surface area contributed by atoms with Crippen LogP contribution in [0.5, 0.6) is 0 Å². The summed E-state index contributed by atoms with van der Waals surface area (Å²) in [6, 6.07) is 9.48. The molecule has 1 atom stereocenters. The Bertz CT molecular complexity index is 644. The summed E-state index contributed by atoms with van der Waals surface area (Å²) in [6.45, 7) is 6.44. The average molecular weight is 271 g/mol. The van der Waals surface area contributed by atoms with Gasteiger partial charge in [-0.15, -0.1) is 0 Å². The second-order valence-corrected chi connectivity index (χ2v) is 4.93. The number of hydrogen-bond acceptors (Lipinski definition) is 3. The van der Waals surface area contributed by atoms with Crippen molar-refractivity contribution in [3.05, 3.63) is 63.1 Å². The lowest BCUT2D eigenvalue weighted by Crippen LogP contribution is -2.30. The Labute approximate surface area is 119 Å². The van der Waals surface area contributed by atoms with Crippen LogP contribution in [0.3, 0.4) is 0 Å². The summed E-state index contributed by atoms with van der Waals surface area (Å²) in [4.78, 5) is 12.3. The summed E-state index contributed by atoms with van der Waals surface area (Å²) >= 11 is 0. The fourth-order valence-electron chi connectivity index (χ4n) is 2.28. The van der Waals surface area contributed by atoms with Crippen molar-refractivity contribution in [3.8, 4) is 0 Å². The zero-order chi connectivity index (χ0) is 14.7. The third-order valence-electron chi connectivity index (χ3n) is 3.51. The first kappa shape index (κ1) is 14.5. The fraction of sp³-hybridized carbons (Fsp3) is 0.375. The van der Waals surface area contributed by atoms with Crippen molar-refractivity contribution in [2.75, 3.05) is 0 Å². The van der Waals surface area contributed by atoms with Crippen molar-refractivity contribution >= 4 is 0 Å². The highest BCUT2D eigenvalue weighted by molar-refractivity contribution is 5.32. The van der Waals surface area contributed by atoms with E-state index in [1.165, 1.54) is 10.2 Å². The van der Waals surface area contributed by atoms with Gasteiger partial charge >= 0.3 is 0 Å². The second kappa shape index (κ2) is 6.01. The third kappa shape index (κ3) is 2.80. The topological polar surface area (TPSA) is 60.9 Å². The van der Waals surface area contributed by atoms with E-state index < -0.39 is 6.04 Å². The van der Waals surface area contributed by atoms with Crippen LogP contribution in [-0.2, 0) is 13.0 Å². The van der Waals surface area contributed by atoms with Crippen LogP contribution < -0.4 is 11.3 Å². The molecule has 0 aliphatic rings. The van der Waals surface area contributed by atoms with Gasteiger partial charge in [0.1, 0.15) is 0 Å². The summed E-state index contributed by atoms with van der Waals surface area (Å²) in [5, 5.41) is 4.20. The first-order valence-corrected chi connectivity index (χ1v) is 6.99. The molecule has 2 rings (SSSR count). The lowest BCUT2D eigenvalue weighted by molar-refractivity contribution is 0.591. The predicted octanol–water partition coefficient (Wildman–Crippen LogP) is 2.18. The van der Waals surface area contributed by atoms with Crippen molar-refractivity contribution in [2.24, 2.45) is 5.73 Å². The minimum absolute atomic E-state index is 0.106. The lowest BCUT2D eigenvalue weighted by Gasteiger charge is -2.14. The van der Waals surface area contributed by atoms with Gasteiger partial charge in [0.25, 0.3) is 5.56 Å². The van der Waals surface area contributed by atoms with Crippen LogP contribution in [-0.4, -0.2) is 9.78 Å². The Kier molecular flexibility index (Phi) is 4.35. The van der Waals surface area contributed by atoms with E-state index in [1.54, 1.807) is 6.07 Å². The molecule has 0 radical (unpaired) electrons. The van der Waals surface area contributed by atoms with Gasteiger partial charge in [0.2, 0.25) is 0 Å². The molecule has 0 saturated carbocycles. The fourth-order valence-corrected chi connectivity index (χ4v) is 2.28. The molecule has 1 aromatic carbocycles. The van der Waals surface area contributed by atoms with Crippen molar-refractivity contribution < 1.29 is 0 Å². The summed E-state index contributed by atoms with van der Waals surface area (Å²) < 4.78 is 1.46. The lowest BCUT2D eigenvalue weighted by atomic mass is 9.99. The normalized spacial score (nSPS) is 12.4. The van der Waals surface area contributed by atoms with Crippen LogP contribution >= 0.6 is 0 Å². The Morgan fingerprint density at radius 2 is 1.90 bits per heavy atom. The highest BCUT2D eigenvalue weighted by atomic mass is 16.1. The molecule has 0 fully saturated rings. The van der Waals surface area contributed by atoms with Gasteiger partial charge in [-0.25, -0.2) is 4.68 Å². The molecule has 20 heavy (non-hydrogen) atoms. The summed E-state index contributed by atoms with van der Waals surface area (Å²) in [5.74, 6) is 0. The first-order chi connectivity index (χ1) is 9.56. The maximum atomic E-state index is 12.3. The van der Waals surface area contributed by atoms with Crippen molar-refractivity contribution in [1.29, 1.82) is 0 Å². The number of hydrogen-bond donors (Lipinski definition) is 1. The van der Waals surface area contributed by atoms with Gasteiger partial charge in [-0.05, 0) is 37.5 Å². The molecule has 1 unspecified atom stereocenters. The molecule has 0 spiro atoms. The van der Waals surface area contributed by atoms with Gasteiger partial charge in [-0.3, -0.25) is 4.79 Å². The van der Waals surface area contributed by atoms with Crippen LogP contribution in [0, 0.1) is 6.92 Å². The van der Waals surface area contributed by atoms with E-state index in [-0.39, 0.29) is 5.56 Å². The molecule has 2 N–H and O–H groups in total. The number of aromatic nitrogens is 2. The Morgan fingerprint density at radius 3 is 2.45 bits per heavy atom. The Balaban J connectivity index is 2.44. The van der Waals surface area contributed by atoms with Crippen LogP contribution in [0.1, 0.15) is 42.3 Å². The van der Waals surface area contributed by atoms with Crippen LogP contribution in [0.2, 0.25) is 0 Å². The first-order valence-electron chi connectivity index (χ1n) is 6.99. The number of aryl methyl sites for hydroxylation is 3. The zero-order valence-corrected chi connectivity index (χ0v) is 12.3. The molecule has 2 aromatic rings. The molecule has 1 heterocycles. The smallest absolute Gasteiger partial charge is 0.271 e. The van der Waals surface area contributed by atoms with E-state index >= 15 is 0 Å². The number of nitrogens with zero attached hydrogens (tertiary/aromatic N) is 2. The summed E-state index contributed by atoms with van der Waals surface area (Å²) in [6.07, 6.45) is 0.993. The highest BCUT2D eigenvalue weighted by Gasteiger charge is 2.15. The zero-order valence-electron chi connectivity index (χ0n) is 12.3. The SMILES string of the molecule is CCc1ccc(C(N)c2cc(C)nn(CC)c2=O)cc1. The van der Waals surface area contributed by atoms with E-state index in [0.717, 1.165) is 17.7 Å². The maximum absolute atomic E-state index is 12.3. The van der Waals surface area contributed by atoms with E-state index in [1.807, 2.05) is 26.0 Å². The van der Waals surface area contributed by atoms with Gasteiger partial charge in [0.15, 0.2) is 0 Å². The van der Waals surface area contributed by atoms with Gasteiger partial charge in [-0.2, -0.15) is 5.10 Å². The molecule has 0 amide bonds. The number of benzene rings is 1. The van der Waals surface area contributed by atoms with Crippen LogP contribution in [0.15, 0.2) is 35.1 Å². The minimum Gasteiger partial charge on any atom is -0.320 e. The highest BCUT2D eigenvalue weighted by Crippen LogP contribution is 2.18. The molecule has 106 valence electrons. The quantitative estimate of drug-likeness (QED) is 0.927. The van der Waals surface area contributed by atoms with Crippen molar-refractivity contribution in [1.82, 2.24) is 9.78 Å². The van der Waals surface area contributed by atoms with Gasteiger partial charge < -0.3 is 5.73 Å². The van der Waals surface area contributed by atoms with Crippen LogP contribution in [0.4, 0.5) is 0 Å². The second-order valence-electron chi connectivity index (χ2n) is 4.93. The van der Waals surface area contributed by atoms with E-state index in [4.69, 9.17) is 5.73 Å². The molecule has 1 aromatic heterocycles. The Hall–Kier alpha value is -1.94. The molecule has 0 saturated heterocycles. The predicted molar refractivity (Wildman–Crippen MR) is 80.8 cm³/mol. The van der Waals surface area contributed by atoms with E-state index in [0.29, 0.717) is 12.1 Å². The maximum Gasteiger partial charge on any atom is 0.271 e. The molecule has 4 heteroatoms. The van der Waals surface area contributed by atoms with Crippen molar-refractivity contribution in [2.45, 2.75) is 39.8 Å². The van der Waals surface area contributed by atoms with Gasteiger partial charge in [-0.1, -0.05) is 31.2 Å². The molecular formula is C16H21N3O. The average Bonchev–Trinajstić information content (AvgIpc) is 2.48. The third-order valence-corrected chi connectivity index (χ3v) is 3.51. The minimum atomic E-state index is -0.409. The van der Waals surface area contributed by atoms with E-state index in [9.17, 15) is 4.79 Å². The summed E-state index contributed by atoms with van der Waals surface area (Å²) in [5.41, 5.74) is 9.78. The number of nitrogens with two attached hydrogens (primary N) is 1. The molecule has 0 aliphatic heterocycles. The monoisotopic (exact) mass is 271 g/mol. The van der Waals surface area contributed by atoms with Crippen molar-refractivity contribution in [3.63, 3.8) is 0 Å². The van der Waals surface area contributed by atoms with Gasteiger partial charge in [0.05, 0.1) is 11.7 Å². The molecule has 0 aliphatic carbocycles. The standard InChI is InChI=1S/C16H21N3O/c1-4-12-6-8-13(9-7-12)15(17)14-10-11(3)18-19(5-2)16(14)20/h6-10,15H,4-5,17H2,1-3H3. The summed E-state index contributed by atoms with van der Waals surface area (Å²) in [7, 11) is 0. The largest absolute Gasteiger partial charge is 0.320 e. The van der Waals surface area contributed by atoms with Crippen LogP contribution in [0.25, 0.3) is 0 Å². The molecule has 0 bridgehead atoms.